The molecule has 1 heterocycles. The summed E-state index contributed by atoms with van der Waals surface area (Å²) in [6.07, 6.45) is 2.02. The number of amidine groups is 1. The van der Waals surface area contributed by atoms with E-state index in [1.807, 2.05) is 36.6 Å². The number of hydrogen-bond donors (Lipinski definition) is 0. The van der Waals surface area contributed by atoms with Crippen LogP contribution in [0.25, 0.3) is 11.3 Å². The third kappa shape index (κ3) is 4.02. The Morgan fingerprint density at radius 3 is 2.86 bits per heavy atom. The molecule has 0 spiro atoms. The molecule has 0 atom stereocenters. The van der Waals surface area contributed by atoms with E-state index in [1.54, 1.807) is 18.8 Å². The van der Waals surface area contributed by atoms with Crippen molar-refractivity contribution in [2.24, 2.45) is 4.99 Å². The van der Waals surface area contributed by atoms with Crippen molar-refractivity contribution in [1.29, 1.82) is 0 Å². The maximum atomic E-state index is 6.00. The maximum absolute atomic E-state index is 6.00. The zero-order valence-corrected chi connectivity index (χ0v) is 13.9. The number of nitrogens with zero attached hydrogens (tertiary/aromatic N) is 3. The molecule has 4 nitrogen and oxygen atoms in total. The largest absolute Gasteiger partial charge is 0.356 e. The number of thioether (sulfide) groups is 1. The Kier molecular flexibility index (Phi) is 5.70. The van der Waals surface area contributed by atoms with Crippen molar-refractivity contribution >= 4 is 28.5 Å². The number of benzene rings is 1. The van der Waals surface area contributed by atoms with E-state index < -0.39 is 0 Å². The first-order valence-electron chi connectivity index (χ1n) is 6.65. The van der Waals surface area contributed by atoms with E-state index in [-0.39, 0.29) is 0 Å². The summed E-state index contributed by atoms with van der Waals surface area (Å²) in [5.41, 5.74) is 1.81. The summed E-state index contributed by atoms with van der Waals surface area (Å²) in [6.45, 7) is 3.64. The van der Waals surface area contributed by atoms with Gasteiger partial charge >= 0.3 is 0 Å². The number of rotatable bonds is 4. The molecule has 1 aromatic heterocycles. The first kappa shape index (κ1) is 15.9. The van der Waals surface area contributed by atoms with Crippen molar-refractivity contribution in [2.75, 3.05) is 19.8 Å². The van der Waals surface area contributed by atoms with E-state index in [0.29, 0.717) is 11.6 Å². The van der Waals surface area contributed by atoms with Crippen molar-refractivity contribution in [3.8, 4) is 11.3 Å². The van der Waals surface area contributed by atoms with Crippen molar-refractivity contribution in [2.45, 2.75) is 13.5 Å². The standard InChI is InChI=1S/C15H18ClN3OS/c1-4-19(15(17-2)21-3)10-13-9-14(20-18-13)11-6-5-7-12(16)8-11/h5-9H,4,10H2,1-3H3/b17-15+. The molecule has 0 fully saturated rings. The maximum Gasteiger partial charge on any atom is 0.167 e. The summed E-state index contributed by atoms with van der Waals surface area (Å²) in [5, 5.41) is 5.81. The molecular formula is C15H18ClN3OS. The van der Waals surface area contributed by atoms with E-state index in [4.69, 9.17) is 16.1 Å². The van der Waals surface area contributed by atoms with Crippen LogP contribution in [0.3, 0.4) is 0 Å². The summed E-state index contributed by atoms with van der Waals surface area (Å²) in [6, 6.07) is 9.50. The molecule has 2 aromatic rings. The normalized spacial score (nSPS) is 11.7. The van der Waals surface area contributed by atoms with Crippen LogP contribution < -0.4 is 0 Å². The van der Waals surface area contributed by atoms with Crippen molar-refractivity contribution in [3.63, 3.8) is 0 Å². The molecule has 0 N–H and O–H groups in total. The fourth-order valence-electron chi connectivity index (χ4n) is 2.04. The minimum Gasteiger partial charge on any atom is -0.356 e. The van der Waals surface area contributed by atoms with Gasteiger partial charge in [-0.3, -0.25) is 4.99 Å². The predicted molar refractivity (Wildman–Crippen MR) is 89.9 cm³/mol. The minimum absolute atomic E-state index is 0.675. The Balaban J connectivity index is 2.16. The lowest BCUT2D eigenvalue weighted by atomic mass is 10.1. The Morgan fingerprint density at radius 2 is 2.24 bits per heavy atom. The molecule has 0 radical (unpaired) electrons. The Labute approximate surface area is 134 Å². The van der Waals surface area contributed by atoms with Crippen LogP contribution in [-0.2, 0) is 6.54 Å². The highest BCUT2D eigenvalue weighted by atomic mass is 35.5. The van der Waals surface area contributed by atoms with Gasteiger partial charge in [-0.1, -0.05) is 40.7 Å². The van der Waals surface area contributed by atoms with Gasteiger partial charge in [0.15, 0.2) is 10.9 Å². The monoisotopic (exact) mass is 323 g/mol. The third-order valence-corrected chi connectivity index (χ3v) is 4.09. The SMILES string of the molecule is CCN(Cc1cc(-c2cccc(Cl)c2)on1)/C(=N\C)SC. The molecule has 1 aromatic carbocycles. The topological polar surface area (TPSA) is 41.6 Å². The molecular weight excluding hydrogens is 306 g/mol. The molecule has 0 saturated carbocycles. The van der Waals surface area contributed by atoms with E-state index in [2.05, 4.69) is 22.0 Å². The average molecular weight is 324 g/mol. The van der Waals surface area contributed by atoms with Gasteiger partial charge in [0, 0.05) is 30.2 Å². The quantitative estimate of drug-likeness (QED) is 0.625. The van der Waals surface area contributed by atoms with Crippen LogP contribution in [0, 0.1) is 0 Å². The molecule has 2 rings (SSSR count). The summed E-state index contributed by atoms with van der Waals surface area (Å²) in [5.74, 6) is 0.725. The van der Waals surface area contributed by atoms with Gasteiger partial charge in [-0.15, -0.1) is 0 Å². The van der Waals surface area contributed by atoms with E-state index in [0.717, 1.165) is 28.7 Å². The lowest BCUT2D eigenvalue weighted by molar-refractivity contribution is 0.389. The van der Waals surface area contributed by atoms with Gasteiger partial charge in [-0.2, -0.15) is 0 Å². The van der Waals surface area contributed by atoms with Crippen LogP contribution in [0.15, 0.2) is 39.8 Å². The van der Waals surface area contributed by atoms with Crippen LogP contribution in [0.4, 0.5) is 0 Å². The number of aromatic nitrogens is 1. The van der Waals surface area contributed by atoms with Gasteiger partial charge in [0.1, 0.15) is 5.69 Å². The number of aliphatic imine (C=N–C) groups is 1. The van der Waals surface area contributed by atoms with E-state index in [1.165, 1.54) is 0 Å². The Bertz CT molecular complexity index is 627. The van der Waals surface area contributed by atoms with Crippen LogP contribution >= 0.6 is 23.4 Å². The van der Waals surface area contributed by atoms with Crippen LogP contribution in [0.1, 0.15) is 12.6 Å². The van der Waals surface area contributed by atoms with Gasteiger partial charge < -0.3 is 9.42 Å². The third-order valence-electron chi connectivity index (χ3n) is 3.05. The average Bonchev–Trinajstić information content (AvgIpc) is 2.96. The highest BCUT2D eigenvalue weighted by Gasteiger charge is 2.13. The molecule has 21 heavy (non-hydrogen) atoms. The van der Waals surface area contributed by atoms with Crippen LogP contribution in [0.5, 0.6) is 0 Å². The van der Waals surface area contributed by atoms with Crippen molar-refractivity contribution in [1.82, 2.24) is 10.1 Å². The van der Waals surface area contributed by atoms with E-state index in [9.17, 15) is 0 Å². The lowest BCUT2D eigenvalue weighted by Gasteiger charge is -2.21. The molecule has 0 aliphatic heterocycles. The van der Waals surface area contributed by atoms with E-state index >= 15 is 0 Å². The first-order valence-corrected chi connectivity index (χ1v) is 8.25. The van der Waals surface area contributed by atoms with Crippen LogP contribution in [-0.4, -0.2) is 35.1 Å². The van der Waals surface area contributed by atoms with Gasteiger partial charge in [-0.25, -0.2) is 0 Å². The lowest BCUT2D eigenvalue weighted by Crippen LogP contribution is -2.28. The highest BCUT2D eigenvalue weighted by molar-refractivity contribution is 8.13. The molecule has 0 aliphatic rings. The second-order valence-electron chi connectivity index (χ2n) is 4.42. The van der Waals surface area contributed by atoms with Gasteiger partial charge in [0.25, 0.3) is 0 Å². The van der Waals surface area contributed by atoms with Crippen molar-refractivity contribution in [3.05, 3.63) is 41.0 Å². The van der Waals surface area contributed by atoms with Gasteiger partial charge in [-0.05, 0) is 25.3 Å². The van der Waals surface area contributed by atoms with Gasteiger partial charge in [0.2, 0.25) is 0 Å². The summed E-state index contributed by atoms with van der Waals surface area (Å²) in [4.78, 5) is 6.44. The highest BCUT2D eigenvalue weighted by Crippen LogP contribution is 2.24. The Hall–Kier alpha value is -1.46. The zero-order chi connectivity index (χ0) is 15.2. The molecule has 112 valence electrons. The number of hydrogen-bond acceptors (Lipinski definition) is 4. The number of halogens is 1. The second kappa shape index (κ2) is 7.52. The molecule has 0 bridgehead atoms. The molecule has 6 heteroatoms. The molecule has 0 amide bonds. The molecule has 0 saturated heterocycles. The second-order valence-corrected chi connectivity index (χ2v) is 5.63. The molecule has 0 aliphatic carbocycles. The summed E-state index contributed by atoms with van der Waals surface area (Å²) in [7, 11) is 1.80. The Morgan fingerprint density at radius 1 is 1.43 bits per heavy atom. The molecule has 0 unspecified atom stereocenters. The fourth-order valence-corrected chi connectivity index (χ4v) is 2.86. The summed E-state index contributed by atoms with van der Waals surface area (Å²) >= 11 is 7.63. The smallest absolute Gasteiger partial charge is 0.167 e. The zero-order valence-electron chi connectivity index (χ0n) is 12.3. The predicted octanol–water partition coefficient (Wildman–Crippen LogP) is 4.17. The van der Waals surface area contributed by atoms with Crippen LogP contribution in [0.2, 0.25) is 5.02 Å². The minimum atomic E-state index is 0.675. The van der Waals surface area contributed by atoms with Gasteiger partial charge in [0.05, 0.1) is 6.54 Å². The first-order chi connectivity index (χ1) is 10.2. The fraction of sp³-hybridized carbons (Fsp3) is 0.333. The summed E-state index contributed by atoms with van der Waals surface area (Å²) < 4.78 is 5.42. The van der Waals surface area contributed by atoms with Crippen molar-refractivity contribution < 1.29 is 4.52 Å².